The molecule has 5 rings (SSSR count). The minimum Gasteiger partial charge on any atom is -0.508 e. The van der Waals surface area contributed by atoms with Gasteiger partial charge in [0.05, 0.1) is 0 Å². The lowest BCUT2D eigenvalue weighted by molar-refractivity contribution is 0.249. The second-order valence-corrected chi connectivity index (χ2v) is 7.82. The molecule has 3 heterocycles. The van der Waals surface area contributed by atoms with Crippen molar-refractivity contribution in [1.29, 1.82) is 0 Å². The third kappa shape index (κ3) is 3.80. The summed E-state index contributed by atoms with van der Waals surface area (Å²) in [5.74, 6) is 2.27. The lowest BCUT2D eigenvalue weighted by Gasteiger charge is -2.36. The quantitative estimate of drug-likeness (QED) is 0.742. The molecule has 2 aliphatic rings. The normalized spacial score (nSPS) is 16.8. The first-order valence-corrected chi connectivity index (χ1v) is 10.3. The molecule has 6 nitrogen and oxygen atoms in total. The number of pyridine rings is 1. The van der Waals surface area contributed by atoms with Crippen molar-refractivity contribution in [3.05, 3.63) is 65.6 Å². The Labute approximate surface area is 170 Å². The Bertz CT molecular complexity index is 999. The molecule has 29 heavy (non-hydrogen) atoms. The summed E-state index contributed by atoms with van der Waals surface area (Å²) in [7, 11) is 0. The first-order valence-electron chi connectivity index (χ1n) is 10.3. The van der Waals surface area contributed by atoms with Gasteiger partial charge in [0.25, 0.3) is 0 Å². The van der Waals surface area contributed by atoms with Crippen molar-refractivity contribution in [1.82, 2.24) is 19.9 Å². The number of fused-ring (bicyclic) bond motifs is 1. The summed E-state index contributed by atoms with van der Waals surface area (Å²) in [6, 6.07) is 11.5. The number of benzene rings is 1. The van der Waals surface area contributed by atoms with Gasteiger partial charge < -0.3 is 10.0 Å². The SMILES string of the molecule is Oc1cccc(CN2CCN(c3nc(-c4ccncc4)nc4c3CCC4)CC2)c1. The van der Waals surface area contributed by atoms with Gasteiger partial charge in [0.1, 0.15) is 11.6 Å². The highest BCUT2D eigenvalue weighted by Gasteiger charge is 2.26. The van der Waals surface area contributed by atoms with E-state index in [0.717, 1.165) is 74.8 Å². The molecule has 1 saturated heterocycles. The lowest BCUT2D eigenvalue weighted by Crippen LogP contribution is -2.46. The maximum Gasteiger partial charge on any atom is 0.161 e. The summed E-state index contributed by atoms with van der Waals surface area (Å²) in [4.78, 5) is 18.8. The summed E-state index contributed by atoms with van der Waals surface area (Å²) in [5, 5.41) is 9.70. The molecular weight excluding hydrogens is 362 g/mol. The predicted octanol–water partition coefficient (Wildman–Crippen LogP) is 3.06. The zero-order chi connectivity index (χ0) is 19.6. The smallest absolute Gasteiger partial charge is 0.161 e. The Morgan fingerprint density at radius 1 is 0.931 bits per heavy atom. The summed E-state index contributed by atoms with van der Waals surface area (Å²) in [6.45, 7) is 4.75. The number of hydrogen-bond acceptors (Lipinski definition) is 6. The van der Waals surface area contributed by atoms with Crippen LogP contribution in [-0.2, 0) is 19.4 Å². The topological polar surface area (TPSA) is 65.4 Å². The van der Waals surface area contributed by atoms with Gasteiger partial charge in [-0.05, 0) is 49.1 Å². The molecule has 1 N–H and O–H groups in total. The Morgan fingerprint density at radius 3 is 2.55 bits per heavy atom. The van der Waals surface area contributed by atoms with Gasteiger partial charge in [-0.1, -0.05) is 12.1 Å². The van der Waals surface area contributed by atoms with Crippen LogP contribution >= 0.6 is 0 Å². The average molecular weight is 387 g/mol. The number of phenolic OH excluding ortho intramolecular Hbond substituents is 1. The molecule has 0 spiro atoms. The van der Waals surface area contributed by atoms with Crippen LogP contribution in [0.3, 0.4) is 0 Å². The highest BCUT2D eigenvalue weighted by Crippen LogP contribution is 2.32. The largest absolute Gasteiger partial charge is 0.508 e. The van der Waals surface area contributed by atoms with Crippen molar-refractivity contribution in [3.8, 4) is 17.1 Å². The molecule has 1 aromatic carbocycles. The van der Waals surface area contributed by atoms with Crippen molar-refractivity contribution >= 4 is 5.82 Å². The van der Waals surface area contributed by atoms with Gasteiger partial charge in [-0.25, -0.2) is 9.97 Å². The van der Waals surface area contributed by atoms with Gasteiger partial charge in [-0.2, -0.15) is 0 Å². The molecule has 0 radical (unpaired) electrons. The van der Waals surface area contributed by atoms with E-state index in [1.165, 1.54) is 11.3 Å². The van der Waals surface area contributed by atoms with E-state index >= 15 is 0 Å². The lowest BCUT2D eigenvalue weighted by atomic mass is 10.1. The number of aromatic nitrogens is 3. The number of anilines is 1. The predicted molar refractivity (Wildman–Crippen MR) is 113 cm³/mol. The van der Waals surface area contributed by atoms with Crippen LogP contribution in [-0.4, -0.2) is 51.1 Å². The van der Waals surface area contributed by atoms with E-state index in [0.29, 0.717) is 5.75 Å². The highest BCUT2D eigenvalue weighted by molar-refractivity contribution is 5.61. The summed E-state index contributed by atoms with van der Waals surface area (Å²) in [6.07, 6.45) is 6.87. The van der Waals surface area contributed by atoms with Gasteiger partial charge in [0, 0.05) is 61.9 Å². The molecule has 6 heteroatoms. The molecule has 0 amide bonds. The van der Waals surface area contributed by atoms with E-state index in [2.05, 4.69) is 20.9 Å². The van der Waals surface area contributed by atoms with Crippen molar-refractivity contribution in [2.45, 2.75) is 25.8 Å². The Kier molecular flexibility index (Phi) is 4.86. The Balaban J connectivity index is 1.35. The molecule has 3 aromatic rings. The average Bonchev–Trinajstić information content (AvgIpc) is 3.23. The van der Waals surface area contributed by atoms with Crippen LogP contribution in [0, 0.1) is 0 Å². The molecule has 1 aliphatic heterocycles. The standard InChI is InChI=1S/C23H25N5O/c29-19-4-1-3-17(15-19)16-27-11-13-28(14-12-27)23-20-5-2-6-21(20)25-22(26-23)18-7-9-24-10-8-18/h1,3-4,7-10,15,29H,2,5-6,11-14,16H2. The van der Waals surface area contributed by atoms with Crippen molar-refractivity contribution in [2.24, 2.45) is 0 Å². The van der Waals surface area contributed by atoms with Gasteiger partial charge in [-0.15, -0.1) is 0 Å². The molecular formula is C23H25N5O. The number of hydrogen-bond donors (Lipinski definition) is 1. The number of phenols is 1. The van der Waals surface area contributed by atoms with Crippen molar-refractivity contribution < 1.29 is 5.11 Å². The molecule has 0 atom stereocenters. The number of aromatic hydroxyl groups is 1. The van der Waals surface area contributed by atoms with E-state index in [1.54, 1.807) is 18.5 Å². The molecule has 0 unspecified atom stereocenters. The van der Waals surface area contributed by atoms with Crippen LogP contribution < -0.4 is 4.90 Å². The van der Waals surface area contributed by atoms with Crippen LogP contribution in [0.25, 0.3) is 11.4 Å². The third-order valence-electron chi connectivity index (χ3n) is 5.84. The highest BCUT2D eigenvalue weighted by atomic mass is 16.3. The summed E-state index contributed by atoms with van der Waals surface area (Å²) < 4.78 is 0. The molecule has 1 aliphatic carbocycles. The van der Waals surface area contributed by atoms with Crippen LogP contribution in [0.2, 0.25) is 0 Å². The zero-order valence-corrected chi connectivity index (χ0v) is 16.5. The third-order valence-corrected chi connectivity index (χ3v) is 5.84. The molecule has 0 saturated carbocycles. The van der Waals surface area contributed by atoms with Gasteiger partial charge in [0.2, 0.25) is 0 Å². The first-order chi connectivity index (χ1) is 14.3. The van der Waals surface area contributed by atoms with Crippen LogP contribution in [0.15, 0.2) is 48.8 Å². The van der Waals surface area contributed by atoms with E-state index in [4.69, 9.17) is 9.97 Å². The van der Waals surface area contributed by atoms with Gasteiger partial charge >= 0.3 is 0 Å². The minimum atomic E-state index is 0.335. The summed E-state index contributed by atoms with van der Waals surface area (Å²) in [5.41, 5.74) is 4.73. The van der Waals surface area contributed by atoms with Crippen LogP contribution in [0.5, 0.6) is 5.75 Å². The second kappa shape index (κ2) is 7.79. The fourth-order valence-corrected chi connectivity index (χ4v) is 4.34. The van der Waals surface area contributed by atoms with Gasteiger partial charge in [-0.3, -0.25) is 9.88 Å². The minimum absolute atomic E-state index is 0.335. The molecule has 1 fully saturated rings. The monoisotopic (exact) mass is 387 g/mol. The van der Waals surface area contributed by atoms with Crippen LogP contribution in [0.4, 0.5) is 5.82 Å². The number of piperazine rings is 1. The number of aryl methyl sites for hydroxylation is 1. The van der Waals surface area contributed by atoms with Crippen LogP contribution in [0.1, 0.15) is 23.2 Å². The van der Waals surface area contributed by atoms with E-state index in [9.17, 15) is 5.11 Å². The molecule has 0 bridgehead atoms. The number of nitrogens with zero attached hydrogens (tertiary/aromatic N) is 5. The zero-order valence-electron chi connectivity index (χ0n) is 16.5. The first kappa shape index (κ1) is 18.1. The second-order valence-electron chi connectivity index (χ2n) is 7.82. The molecule has 2 aromatic heterocycles. The van der Waals surface area contributed by atoms with Crippen molar-refractivity contribution in [3.63, 3.8) is 0 Å². The van der Waals surface area contributed by atoms with Gasteiger partial charge in [0.15, 0.2) is 5.82 Å². The maximum absolute atomic E-state index is 9.70. The van der Waals surface area contributed by atoms with E-state index in [-0.39, 0.29) is 0 Å². The van der Waals surface area contributed by atoms with E-state index < -0.39 is 0 Å². The maximum atomic E-state index is 9.70. The summed E-state index contributed by atoms with van der Waals surface area (Å²) >= 11 is 0. The Morgan fingerprint density at radius 2 is 1.76 bits per heavy atom. The molecule has 148 valence electrons. The Hall–Kier alpha value is -2.99. The number of rotatable bonds is 4. The van der Waals surface area contributed by atoms with Crippen molar-refractivity contribution in [2.75, 3.05) is 31.1 Å². The fourth-order valence-electron chi connectivity index (χ4n) is 4.34. The fraction of sp³-hybridized carbons (Fsp3) is 0.348. The van der Waals surface area contributed by atoms with E-state index in [1.807, 2.05) is 24.3 Å².